The molecule has 0 radical (unpaired) electrons. The highest BCUT2D eigenvalue weighted by atomic mass is 19.4. The average molecular weight is 574 g/mol. The number of aliphatic hydroxyl groups excluding tert-OH is 1. The van der Waals surface area contributed by atoms with Crippen molar-refractivity contribution in [1.29, 1.82) is 0 Å². The predicted molar refractivity (Wildman–Crippen MR) is 155 cm³/mol. The van der Waals surface area contributed by atoms with E-state index in [1.807, 2.05) is 11.6 Å². The van der Waals surface area contributed by atoms with Gasteiger partial charge in [-0.3, -0.25) is 4.90 Å². The van der Waals surface area contributed by atoms with Crippen molar-refractivity contribution in [3.8, 4) is 11.3 Å². The number of nitrogens with one attached hydrogen (secondary N) is 1. The minimum absolute atomic E-state index is 0.0609. The molecule has 3 aromatic rings. The molecular weight excluding hydrogens is 531 g/mol. The number of benzene rings is 1. The van der Waals surface area contributed by atoms with Crippen LogP contribution in [0.25, 0.3) is 22.3 Å². The van der Waals surface area contributed by atoms with Gasteiger partial charge in [0.15, 0.2) is 5.65 Å². The molecule has 1 saturated carbocycles. The molecule has 1 aliphatic carbocycles. The standard InChI is InChI=1S/C30H42F3N7O/c1-21(5-3-4-14-30(31,32)33)35-29-34-19-26-27(37-40(28(26)36-29)24-10-12-25(41)13-11-24)23-8-6-22(7-9-23)20-39-17-15-38(2)16-18-39/h6-9,19,21,24-25,41H,3-5,10-18,20H2,1-2H3,(H,34,35,36)/t21-,24-,25-/m1/s1. The zero-order valence-corrected chi connectivity index (χ0v) is 24.1. The first kappa shape index (κ1) is 29.7. The van der Waals surface area contributed by atoms with Crippen molar-refractivity contribution in [2.45, 2.75) is 89.2 Å². The van der Waals surface area contributed by atoms with Gasteiger partial charge in [-0.05, 0) is 58.1 Å². The first-order chi connectivity index (χ1) is 19.6. The summed E-state index contributed by atoms with van der Waals surface area (Å²) >= 11 is 0. The van der Waals surface area contributed by atoms with E-state index in [0.29, 0.717) is 18.8 Å². The molecule has 0 spiro atoms. The van der Waals surface area contributed by atoms with Crippen LogP contribution >= 0.6 is 0 Å². The van der Waals surface area contributed by atoms with E-state index in [1.54, 1.807) is 6.20 Å². The first-order valence-corrected chi connectivity index (χ1v) is 14.9. The SMILES string of the molecule is C[C@H](CCCCC(F)(F)F)Nc1ncc2c(-c3ccc(CN4CCN(C)CC4)cc3)nn([C@H]3CC[C@H](O)CC3)c2n1. The Bertz CT molecular complexity index is 1260. The lowest BCUT2D eigenvalue weighted by Gasteiger charge is -2.32. The second kappa shape index (κ2) is 13.0. The van der Waals surface area contributed by atoms with E-state index in [2.05, 4.69) is 51.4 Å². The summed E-state index contributed by atoms with van der Waals surface area (Å²) in [5.41, 5.74) is 3.86. The molecule has 11 heteroatoms. The highest BCUT2D eigenvalue weighted by molar-refractivity contribution is 5.91. The van der Waals surface area contributed by atoms with E-state index in [1.165, 1.54) is 5.56 Å². The predicted octanol–water partition coefficient (Wildman–Crippen LogP) is 5.64. The van der Waals surface area contributed by atoms with E-state index in [-0.39, 0.29) is 24.6 Å². The van der Waals surface area contributed by atoms with Gasteiger partial charge in [-0.15, -0.1) is 0 Å². The van der Waals surface area contributed by atoms with Crippen LogP contribution in [-0.2, 0) is 6.54 Å². The topological polar surface area (TPSA) is 82.3 Å². The van der Waals surface area contributed by atoms with Crippen molar-refractivity contribution in [2.75, 3.05) is 38.5 Å². The molecule has 2 N–H and O–H groups in total. The number of rotatable bonds is 10. The van der Waals surface area contributed by atoms with Crippen LogP contribution in [0.5, 0.6) is 0 Å². The molecule has 41 heavy (non-hydrogen) atoms. The van der Waals surface area contributed by atoms with E-state index < -0.39 is 12.6 Å². The van der Waals surface area contributed by atoms with Gasteiger partial charge in [-0.1, -0.05) is 30.7 Å². The maximum Gasteiger partial charge on any atom is 0.389 e. The first-order valence-electron chi connectivity index (χ1n) is 14.9. The summed E-state index contributed by atoms with van der Waals surface area (Å²) in [4.78, 5) is 14.3. The molecular formula is C30H42F3N7O. The molecule has 1 atom stereocenters. The molecule has 1 aliphatic heterocycles. The molecule has 2 fully saturated rings. The van der Waals surface area contributed by atoms with Gasteiger partial charge in [0.1, 0.15) is 5.69 Å². The Kier molecular flexibility index (Phi) is 9.45. The Morgan fingerprint density at radius 1 is 1.02 bits per heavy atom. The summed E-state index contributed by atoms with van der Waals surface area (Å²) in [6.45, 7) is 7.20. The Hall–Kier alpha value is -2.76. The smallest absolute Gasteiger partial charge is 0.389 e. The maximum absolute atomic E-state index is 12.5. The molecule has 3 heterocycles. The van der Waals surface area contributed by atoms with Crippen molar-refractivity contribution >= 4 is 17.0 Å². The van der Waals surface area contributed by atoms with Crippen molar-refractivity contribution in [2.24, 2.45) is 0 Å². The van der Waals surface area contributed by atoms with Crippen LogP contribution in [0, 0.1) is 0 Å². The number of anilines is 1. The molecule has 5 rings (SSSR count). The van der Waals surface area contributed by atoms with Crippen LogP contribution in [0.2, 0.25) is 0 Å². The lowest BCUT2D eigenvalue weighted by atomic mass is 9.93. The molecule has 1 saturated heterocycles. The number of fused-ring (bicyclic) bond motifs is 1. The molecule has 2 aromatic heterocycles. The zero-order chi connectivity index (χ0) is 29.0. The van der Waals surface area contributed by atoms with E-state index >= 15 is 0 Å². The summed E-state index contributed by atoms with van der Waals surface area (Å²) < 4.78 is 39.4. The van der Waals surface area contributed by atoms with E-state index in [0.717, 1.165) is 80.7 Å². The van der Waals surface area contributed by atoms with Gasteiger partial charge < -0.3 is 15.3 Å². The van der Waals surface area contributed by atoms with Gasteiger partial charge in [0.25, 0.3) is 0 Å². The van der Waals surface area contributed by atoms with Crippen LogP contribution in [0.15, 0.2) is 30.5 Å². The molecule has 2 aliphatic rings. The normalized spacial score (nSPS) is 21.8. The number of nitrogens with zero attached hydrogens (tertiary/aromatic N) is 6. The fraction of sp³-hybridized carbons (Fsp3) is 0.633. The highest BCUT2D eigenvalue weighted by Crippen LogP contribution is 2.35. The summed E-state index contributed by atoms with van der Waals surface area (Å²) in [5, 5.41) is 19.3. The van der Waals surface area contributed by atoms with E-state index in [9.17, 15) is 18.3 Å². The van der Waals surface area contributed by atoms with Crippen LogP contribution in [0.1, 0.15) is 69.9 Å². The van der Waals surface area contributed by atoms with Crippen LogP contribution in [0.3, 0.4) is 0 Å². The van der Waals surface area contributed by atoms with Gasteiger partial charge in [0.2, 0.25) is 5.95 Å². The Morgan fingerprint density at radius 2 is 1.73 bits per heavy atom. The number of aromatic nitrogens is 4. The molecule has 224 valence electrons. The lowest BCUT2D eigenvalue weighted by molar-refractivity contribution is -0.135. The van der Waals surface area contributed by atoms with Crippen LogP contribution in [0.4, 0.5) is 19.1 Å². The third-order valence-electron chi connectivity index (χ3n) is 8.41. The van der Waals surface area contributed by atoms with Gasteiger partial charge in [-0.25, -0.2) is 9.67 Å². The number of halogens is 3. The largest absolute Gasteiger partial charge is 0.393 e. The Balaban J connectivity index is 1.34. The van der Waals surface area contributed by atoms with Crippen LogP contribution in [-0.4, -0.2) is 86.2 Å². The number of likely N-dealkylation sites (N-methyl/N-ethyl adjacent to an activating group) is 1. The van der Waals surface area contributed by atoms with Gasteiger partial charge in [0, 0.05) is 56.9 Å². The summed E-state index contributed by atoms with van der Waals surface area (Å²) in [6.07, 6.45) is 0.969. The number of hydrogen-bond donors (Lipinski definition) is 2. The summed E-state index contributed by atoms with van der Waals surface area (Å²) in [7, 11) is 2.16. The average Bonchev–Trinajstić information content (AvgIpc) is 3.31. The molecule has 8 nitrogen and oxygen atoms in total. The van der Waals surface area contributed by atoms with Crippen molar-refractivity contribution in [3.63, 3.8) is 0 Å². The fourth-order valence-corrected chi connectivity index (χ4v) is 5.86. The third-order valence-corrected chi connectivity index (χ3v) is 8.41. The van der Waals surface area contributed by atoms with Crippen LogP contribution < -0.4 is 5.32 Å². The number of unbranched alkanes of at least 4 members (excludes halogenated alkanes) is 1. The lowest BCUT2D eigenvalue weighted by Crippen LogP contribution is -2.43. The summed E-state index contributed by atoms with van der Waals surface area (Å²) in [5.74, 6) is 0.451. The second-order valence-corrected chi connectivity index (χ2v) is 11.9. The van der Waals surface area contributed by atoms with Crippen molar-refractivity contribution in [1.82, 2.24) is 29.5 Å². The van der Waals surface area contributed by atoms with Gasteiger partial charge in [-0.2, -0.15) is 23.3 Å². The number of hydrogen-bond acceptors (Lipinski definition) is 7. The Morgan fingerprint density at radius 3 is 2.41 bits per heavy atom. The maximum atomic E-state index is 12.5. The quantitative estimate of drug-likeness (QED) is 0.304. The zero-order valence-electron chi connectivity index (χ0n) is 24.1. The Labute approximate surface area is 239 Å². The monoisotopic (exact) mass is 573 g/mol. The molecule has 1 aromatic carbocycles. The highest BCUT2D eigenvalue weighted by Gasteiger charge is 2.27. The minimum Gasteiger partial charge on any atom is -0.393 e. The van der Waals surface area contributed by atoms with Gasteiger partial charge >= 0.3 is 6.18 Å². The number of aliphatic hydroxyl groups is 1. The van der Waals surface area contributed by atoms with Gasteiger partial charge in [0.05, 0.1) is 17.5 Å². The van der Waals surface area contributed by atoms with Crippen molar-refractivity contribution in [3.05, 3.63) is 36.0 Å². The number of alkyl halides is 3. The number of piperazine rings is 1. The third kappa shape index (κ3) is 7.96. The molecule has 0 amide bonds. The molecule has 0 unspecified atom stereocenters. The minimum atomic E-state index is -4.11. The van der Waals surface area contributed by atoms with Crippen molar-refractivity contribution < 1.29 is 18.3 Å². The second-order valence-electron chi connectivity index (χ2n) is 11.9. The van der Waals surface area contributed by atoms with E-state index in [4.69, 9.17) is 10.1 Å². The fourth-order valence-electron chi connectivity index (χ4n) is 5.86. The summed E-state index contributed by atoms with van der Waals surface area (Å²) in [6, 6.07) is 8.66. The molecule has 0 bridgehead atoms.